The predicted molar refractivity (Wildman–Crippen MR) is 120 cm³/mol. The molecule has 1 aromatic carbocycles. The van der Waals surface area contributed by atoms with Gasteiger partial charge < -0.3 is 26.4 Å². The van der Waals surface area contributed by atoms with Gasteiger partial charge >= 0.3 is 0 Å². The fourth-order valence-corrected chi connectivity index (χ4v) is 5.48. The summed E-state index contributed by atoms with van der Waals surface area (Å²) in [6.45, 7) is 8.20. The van der Waals surface area contributed by atoms with E-state index in [1.807, 2.05) is 20.8 Å². The van der Waals surface area contributed by atoms with Gasteiger partial charge in [-0.3, -0.25) is 14.4 Å². The zero-order chi connectivity index (χ0) is 24.5. The van der Waals surface area contributed by atoms with E-state index in [4.69, 9.17) is 5.73 Å². The molecular weight excluding hydrogens is 424 g/mol. The van der Waals surface area contributed by atoms with Crippen LogP contribution in [0.25, 0.3) is 0 Å². The van der Waals surface area contributed by atoms with Crippen LogP contribution in [0.15, 0.2) is 34.6 Å². The molecule has 3 aliphatic rings. The van der Waals surface area contributed by atoms with Gasteiger partial charge in [-0.15, -0.1) is 0 Å². The highest BCUT2D eigenvalue weighted by molar-refractivity contribution is 6.24. The highest BCUT2D eigenvalue weighted by atomic mass is 16.3. The van der Waals surface area contributed by atoms with E-state index in [1.165, 1.54) is 6.07 Å². The van der Waals surface area contributed by atoms with Crippen molar-refractivity contribution in [3.05, 3.63) is 51.3 Å². The summed E-state index contributed by atoms with van der Waals surface area (Å²) in [4.78, 5) is 38.5. The number of amides is 1. The second-order valence-corrected chi connectivity index (χ2v) is 10.4. The number of rotatable bonds is 3. The van der Waals surface area contributed by atoms with Crippen molar-refractivity contribution in [1.29, 1.82) is 0 Å². The van der Waals surface area contributed by atoms with Crippen LogP contribution in [0.1, 0.15) is 62.0 Å². The quantitative estimate of drug-likeness (QED) is 0.438. The van der Waals surface area contributed by atoms with Crippen LogP contribution < -0.4 is 11.1 Å². The van der Waals surface area contributed by atoms with Gasteiger partial charge in [-0.1, -0.05) is 11.6 Å². The molecule has 6 N–H and O–H groups in total. The fourth-order valence-electron chi connectivity index (χ4n) is 5.48. The van der Waals surface area contributed by atoms with Gasteiger partial charge in [0.1, 0.15) is 11.5 Å². The number of allylic oxidation sites excluding steroid dienone is 2. The van der Waals surface area contributed by atoms with E-state index in [-0.39, 0.29) is 40.8 Å². The molecule has 1 aromatic rings. The van der Waals surface area contributed by atoms with Gasteiger partial charge in [0.2, 0.25) is 5.78 Å². The molecule has 0 heterocycles. The van der Waals surface area contributed by atoms with Gasteiger partial charge in [0.05, 0.1) is 11.1 Å². The Balaban J connectivity index is 1.83. The average Bonchev–Trinajstić information content (AvgIpc) is 2.69. The van der Waals surface area contributed by atoms with Gasteiger partial charge in [0, 0.05) is 23.6 Å². The molecule has 1 amide bonds. The Labute approximate surface area is 192 Å². The third-order valence-electron chi connectivity index (χ3n) is 7.10. The number of nitrogens with one attached hydrogen (secondary N) is 1. The number of nitrogens with two attached hydrogens (primary N) is 1. The number of primary amides is 1. The number of Topliss-reactive ketones (excluding diaryl/α,β-unsaturated/α-hetero) is 2. The number of aromatic hydroxyl groups is 1. The van der Waals surface area contributed by atoms with Crippen molar-refractivity contribution in [3.63, 3.8) is 0 Å². The molecule has 8 heteroatoms. The number of aliphatic hydroxyl groups is 2. The van der Waals surface area contributed by atoms with Gasteiger partial charge in [0.15, 0.2) is 11.4 Å². The van der Waals surface area contributed by atoms with Crippen molar-refractivity contribution in [2.75, 3.05) is 0 Å². The summed E-state index contributed by atoms with van der Waals surface area (Å²) >= 11 is 0. The van der Waals surface area contributed by atoms with Crippen LogP contribution >= 0.6 is 0 Å². The first-order valence-corrected chi connectivity index (χ1v) is 11.1. The molecule has 33 heavy (non-hydrogen) atoms. The first-order valence-electron chi connectivity index (χ1n) is 11.1. The molecule has 0 aromatic heterocycles. The normalized spacial score (nSPS) is 27.3. The Morgan fingerprint density at radius 3 is 2.48 bits per heavy atom. The standard InChI is InChI=1S/C25H30N2O6/c1-11-7-14-8-13-9-15-12(10-27-24(2,3)4)5-6-16(28)19(15)20(29)18(13)22(31)25(14,33)21(30)17(11)23(26)32/h5-6,13-14,27-28,31,33H,7-10H2,1-4H3,(H2,26,32)/t13?,14-,25-/m1/s1. The third kappa shape index (κ3) is 3.48. The number of ketones is 2. The smallest absolute Gasteiger partial charge is 0.252 e. The number of fused-ring (bicyclic) bond motifs is 3. The number of hydrogen-bond donors (Lipinski definition) is 5. The molecule has 4 rings (SSSR count). The second-order valence-electron chi connectivity index (χ2n) is 10.4. The predicted octanol–water partition coefficient (Wildman–Crippen LogP) is 1.97. The highest BCUT2D eigenvalue weighted by Gasteiger charge is 2.58. The lowest BCUT2D eigenvalue weighted by Crippen LogP contribution is -2.57. The molecule has 0 radical (unpaired) electrons. The molecular formula is C25H30N2O6. The lowest BCUT2D eigenvalue weighted by atomic mass is 9.59. The topological polar surface area (TPSA) is 150 Å². The Bertz CT molecular complexity index is 1160. The van der Waals surface area contributed by atoms with Crippen LogP contribution in [-0.2, 0) is 22.6 Å². The summed E-state index contributed by atoms with van der Waals surface area (Å²) in [5.74, 6) is -4.62. The molecule has 0 spiro atoms. The van der Waals surface area contributed by atoms with Crippen molar-refractivity contribution < 1.29 is 29.7 Å². The summed E-state index contributed by atoms with van der Waals surface area (Å²) in [6, 6.07) is 3.22. The summed E-state index contributed by atoms with van der Waals surface area (Å²) < 4.78 is 0. The maximum Gasteiger partial charge on any atom is 0.252 e. The number of phenols is 1. The first-order chi connectivity index (χ1) is 15.3. The minimum absolute atomic E-state index is 0.0748. The maximum absolute atomic E-state index is 13.5. The van der Waals surface area contributed by atoms with Crippen molar-refractivity contribution in [1.82, 2.24) is 5.32 Å². The van der Waals surface area contributed by atoms with E-state index in [0.717, 1.165) is 5.56 Å². The summed E-state index contributed by atoms with van der Waals surface area (Å²) in [6.07, 6.45) is 0.855. The van der Waals surface area contributed by atoms with E-state index in [9.17, 15) is 29.7 Å². The molecule has 176 valence electrons. The largest absolute Gasteiger partial charge is 0.508 e. The number of phenolic OH excluding ortho intramolecular Hbond substituents is 1. The van der Waals surface area contributed by atoms with Crippen LogP contribution in [0, 0.1) is 11.8 Å². The summed E-state index contributed by atoms with van der Waals surface area (Å²) in [5, 5.41) is 36.3. The number of carbonyl (C=O) groups is 3. The van der Waals surface area contributed by atoms with E-state index >= 15 is 0 Å². The monoisotopic (exact) mass is 454 g/mol. The van der Waals surface area contributed by atoms with Crippen LogP contribution in [0.3, 0.4) is 0 Å². The number of benzene rings is 1. The minimum Gasteiger partial charge on any atom is -0.508 e. The zero-order valence-corrected chi connectivity index (χ0v) is 19.3. The van der Waals surface area contributed by atoms with Crippen LogP contribution in [0.4, 0.5) is 0 Å². The lowest BCUT2D eigenvalue weighted by Gasteiger charge is -2.46. The average molecular weight is 455 g/mol. The van der Waals surface area contributed by atoms with Crippen molar-refractivity contribution in [2.45, 2.75) is 64.6 Å². The molecule has 0 bridgehead atoms. The van der Waals surface area contributed by atoms with Gasteiger partial charge in [-0.05, 0) is 70.1 Å². The zero-order valence-electron chi connectivity index (χ0n) is 19.3. The number of carbonyl (C=O) groups excluding carboxylic acids is 3. The Kier molecular flexibility index (Phi) is 5.29. The van der Waals surface area contributed by atoms with E-state index in [1.54, 1.807) is 13.0 Å². The molecule has 0 fully saturated rings. The van der Waals surface area contributed by atoms with Gasteiger partial charge in [-0.2, -0.15) is 0 Å². The number of aliphatic hydroxyl groups excluding tert-OH is 1. The molecule has 3 aliphatic carbocycles. The summed E-state index contributed by atoms with van der Waals surface area (Å²) in [5.41, 5.74) is 4.53. The first kappa shape index (κ1) is 23.2. The van der Waals surface area contributed by atoms with Crippen LogP contribution in [0.2, 0.25) is 0 Å². The van der Waals surface area contributed by atoms with Crippen LogP contribution in [-0.4, -0.2) is 43.9 Å². The molecule has 1 unspecified atom stereocenters. The van der Waals surface area contributed by atoms with Crippen molar-refractivity contribution in [2.24, 2.45) is 17.6 Å². The van der Waals surface area contributed by atoms with Crippen LogP contribution in [0.5, 0.6) is 5.75 Å². The van der Waals surface area contributed by atoms with Gasteiger partial charge in [0.25, 0.3) is 5.91 Å². The Hall–Kier alpha value is -2.97. The van der Waals surface area contributed by atoms with Gasteiger partial charge in [-0.25, -0.2) is 0 Å². The molecule has 0 saturated carbocycles. The number of hydrogen-bond acceptors (Lipinski definition) is 7. The SMILES string of the molecule is CC1=C(C(N)=O)C(=O)[C@@]2(O)C(O)=C3C(=O)c4c(O)ccc(CNC(C)(C)C)c4CC3C[C@H]2C1. The molecule has 0 aliphatic heterocycles. The molecule has 8 nitrogen and oxygen atoms in total. The van der Waals surface area contributed by atoms with Crippen molar-refractivity contribution in [3.8, 4) is 5.75 Å². The minimum atomic E-state index is -2.39. The van der Waals surface area contributed by atoms with Crippen molar-refractivity contribution >= 4 is 17.5 Å². The Morgan fingerprint density at radius 2 is 1.88 bits per heavy atom. The van der Waals surface area contributed by atoms with E-state index < -0.39 is 40.7 Å². The molecule has 0 saturated heterocycles. The van der Waals surface area contributed by atoms with E-state index in [0.29, 0.717) is 24.1 Å². The Morgan fingerprint density at radius 1 is 1.21 bits per heavy atom. The molecule has 3 atom stereocenters. The van der Waals surface area contributed by atoms with E-state index in [2.05, 4.69) is 5.32 Å². The maximum atomic E-state index is 13.5. The second kappa shape index (κ2) is 7.53. The third-order valence-corrected chi connectivity index (χ3v) is 7.10. The fraction of sp³-hybridized carbons (Fsp3) is 0.480. The summed E-state index contributed by atoms with van der Waals surface area (Å²) in [7, 11) is 0. The highest BCUT2D eigenvalue weighted by Crippen LogP contribution is 2.51. The lowest BCUT2D eigenvalue weighted by molar-refractivity contribution is -0.143.